The van der Waals surface area contributed by atoms with Crippen molar-refractivity contribution in [2.24, 2.45) is 5.92 Å². The van der Waals surface area contributed by atoms with Gasteiger partial charge in [0, 0.05) is 6.54 Å². The number of hydrogen-bond acceptors (Lipinski definition) is 2. The standard InChI is InChI=1S/C10H18N2O/c1-3-10(2)9(13)12(7-11-10)6-8-4-5-8/h8,11H,3-7H2,1-2H3. The van der Waals surface area contributed by atoms with E-state index in [-0.39, 0.29) is 5.54 Å². The summed E-state index contributed by atoms with van der Waals surface area (Å²) in [5.41, 5.74) is -0.283. The normalized spacial score (nSPS) is 34.3. The van der Waals surface area contributed by atoms with Crippen LogP contribution in [0.5, 0.6) is 0 Å². The Morgan fingerprint density at radius 1 is 1.62 bits per heavy atom. The molecule has 2 fully saturated rings. The number of carbonyl (C=O) groups is 1. The molecule has 2 aliphatic rings. The Bertz CT molecular complexity index is 225. The van der Waals surface area contributed by atoms with Crippen LogP contribution in [0.25, 0.3) is 0 Å². The van der Waals surface area contributed by atoms with Crippen LogP contribution in [0.2, 0.25) is 0 Å². The summed E-state index contributed by atoms with van der Waals surface area (Å²) >= 11 is 0. The zero-order valence-electron chi connectivity index (χ0n) is 8.47. The predicted molar refractivity (Wildman–Crippen MR) is 51.1 cm³/mol. The molecule has 1 aliphatic heterocycles. The van der Waals surface area contributed by atoms with Gasteiger partial charge in [-0.2, -0.15) is 0 Å². The Balaban J connectivity index is 1.97. The van der Waals surface area contributed by atoms with Gasteiger partial charge in [-0.25, -0.2) is 0 Å². The molecule has 0 aromatic carbocycles. The van der Waals surface area contributed by atoms with E-state index in [4.69, 9.17) is 0 Å². The Kier molecular flexibility index (Phi) is 2.06. The van der Waals surface area contributed by atoms with Crippen LogP contribution >= 0.6 is 0 Å². The summed E-state index contributed by atoms with van der Waals surface area (Å²) < 4.78 is 0. The molecule has 74 valence electrons. The van der Waals surface area contributed by atoms with E-state index >= 15 is 0 Å². The number of nitrogens with zero attached hydrogens (tertiary/aromatic N) is 1. The SMILES string of the molecule is CCC1(C)NCN(CC2CC2)C1=O. The van der Waals surface area contributed by atoms with Crippen molar-refractivity contribution >= 4 is 5.91 Å². The lowest BCUT2D eigenvalue weighted by atomic mass is 9.99. The molecule has 0 spiro atoms. The lowest BCUT2D eigenvalue weighted by molar-refractivity contribution is -0.132. The second-order valence-electron chi connectivity index (χ2n) is 4.49. The minimum absolute atomic E-state index is 0.283. The van der Waals surface area contributed by atoms with Gasteiger partial charge in [0.05, 0.1) is 12.2 Å². The lowest BCUT2D eigenvalue weighted by Gasteiger charge is -2.20. The van der Waals surface area contributed by atoms with E-state index < -0.39 is 0 Å². The average molecular weight is 182 g/mol. The molecule has 1 N–H and O–H groups in total. The van der Waals surface area contributed by atoms with Crippen LogP contribution in [-0.2, 0) is 4.79 Å². The van der Waals surface area contributed by atoms with E-state index in [1.54, 1.807) is 0 Å². The van der Waals surface area contributed by atoms with Crippen LogP contribution in [0.15, 0.2) is 0 Å². The van der Waals surface area contributed by atoms with Crippen molar-refractivity contribution in [2.75, 3.05) is 13.2 Å². The third-order valence-corrected chi connectivity index (χ3v) is 3.30. The number of carbonyl (C=O) groups excluding carboxylic acids is 1. The lowest BCUT2D eigenvalue weighted by Crippen LogP contribution is -2.43. The molecule has 0 bridgehead atoms. The van der Waals surface area contributed by atoms with Gasteiger partial charge in [0.25, 0.3) is 0 Å². The molecular weight excluding hydrogens is 164 g/mol. The van der Waals surface area contributed by atoms with Crippen molar-refractivity contribution in [1.82, 2.24) is 10.2 Å². The van der Waals surface area contributed by atoms with Gasteiger partial charge >= 0.3 is 0 Å². The fourth-order valence-corrected chi connectivity index (χ4v) is 1.80. The molecule has 1 saturated heterocycles. The molecule has 3 heteroatoms. The first-order valence-corrected chi connectivity index (χ1v) is 5.20. The van der Waals surface area contributed by atoms with E-state index in [0.717, 1.165) is 25.6 Å². The fourth-order valence-electron chi connectivity index (χ4n) is 1.80. The maximum atomic E-state index is 11.9. The highest BCUT2D eigenvalue weighted by molar-refractivity contribution is 5.87. The number of nitrogens with one attached hydrogen (secondary N) is 1. The summed E-state index contributed by atoms with van der Waals surface area (Å²) in [4.78, 5) is 13.9. The van der Waals surface area contributed by atoms with Gasteiger partial charge in [0.2, 0.25) is 5.91 Å². The van der Waals surface area contributed by atoms with Crippen LogP contribution in [-0.4, -0.2) is 29.6 Å². The Hall–Kier alpha value is -0.570. The van der Waals surface area contributed by atoms with Crippen LogP contribution in [0, 0.1) is 5.92 Å². The molecule has 3 nitrogen and oxygen atoms in total. The highest BCUT2D eigenvalue weighted by Crippen LogP contribution is 2.31. The predicted octanol–water partition coefficient (Wildman–Crippen LogP) is 0.954. The summed E-state index contributed by atoms with van der Waals surface area (Å²) in [6.45, 7) is 5.79. The highest BCUT2D eigenvalue weighted by Gasteiger charge is 2.42. The fraction of sp³-hybridized carbons (Fsp3) is 0.900. The topological polar surface area (TPSA) is 32.3 Å². The number of rotatable bonds is 3. The van der Waals surface area contributed by atoms with Crippen molar-refractivity contribution in [3.8, 4) is 0 Å². The van der Waals surface area contributed by atoms with E-state index in [0.29, 0.717) is 5.91 Å². The van der Waals surface area contributed by atoms with E-state index in [9.17, 15) is 4.79 Å². The van der Waals surface area contributed by atoms with Gasteiger partial charge in [-0.05, 0) is 32.1 Å². The van der Waals surface area contributed by atoms with Gasteiger partial charge in [0.15, 0.2) is 0 Å². The van der Waals surface area contributed by atoms with Crippen molar-refractivity contribution in [3.05, 3.63) is 0 Å². The highest BCUT2D eigenvalue weighted by atomic mass is 16.2. The molecule has 1 aliphatic carbocycles. The minimum atomic E-state index is -0.283. The van der Waals surface area contributed by atoms with Crippen molar-refractivity contribution in [1.29, 1.82) is 0 Å². The molecule has 2 rings (SSSR count). The third kappa shape index (κ3) is 1.57. The van der Waals surface area contributed by atoms with E-state index in [1.165, 1.54) is 12.8 Å². The molecule has 1 saturated carbocycles. The Labute approximate surface area is 79.5 Å². The molecule has 13 heavy (non-hydrogen) atoms. The molecule has 0 aromatic rings. The maximum Gasteiger partial charge on any atom is 0.243 e. The van der Waals surface area contributed by atoms with Crippen molar-refractivity contribution < 1.29 is 4.79 Å². The molecule has 1 atom stereocenters. The zero-order valence-corrected chi connectivity index (χ0v) is 8.47. The first-order valence-electron chi connectivity index (χ1n) is 5.20. The quantitative estimate of drug-likeness (QED) is 0.705. The number of hydrogen-bond donors (Lipinski definition) is 1. The van der Waals surface area contributed by atoms with Gasteiger partial charge in [-0.1, -0.05) is 6.92 Å². The smallest absolute Gasteiger partial charge is 0.243 e. The molecule has 1 amide bonds. The molecule has 1 unspecified atom stereocenters. The summed E-state index contributed by atoms with van der Waals surface area (Å²) in [5.74, 6) is 1.09. The second-order valence-corrected chi connectivity index (χ2v) is 4.49. The Morgan fingerprint density at radius 2 is 2.31 bits per heavy atom. The molecule has 1 heterocycles. The maximum absolute atomic E-state index is 11.9. The van der Waals surface area contributed by atoms with E-state index in [2.05, 4.69) is 12.2 Å². The van der Waals surface area contributed by atoms with Crippen molar-refractivity contribution in [2.45, 2.75) is 38.6 Å². The molecular formula is C10H18N2O. The van der Waals surface area contributed by atoms with Gasteiger partial charge in [-0.3, -0.25) is 10.1 Å². The van der Waals surface area contributed by atoms with Gasteiger partial charge in [-0.15, -0.1) is 0 Å². The average Bonchev–Trinajstić information content (AvgIpc) is 2.89. The Morgan fingerprint density at radius 3 is 2.77 bits per heavy atom. The summed E-state index contributed by atoms with van der Waals surface area (Å²) in [6.07, 6.45) is 3.51. The second kappa shape index (κ2) is 2.98. The van der Waals surface area contributed by atoms with Gasteiger partial charge < -0.3 is 4.90 Å². The summed E-state index contributed by atoms with van der Waals surface area (Å²) in [5, 5.41) is 3.29. The largest absolute Gasteiger partial charge is 0.328 e. The molecule has 0 aromatic heterocycles. The van der Waals surface area contributed by atoms with Crippen molar-refractivity contribution in [3.63, 3.8) is 0 Å². The number of amides is 1. The van der Waals surface area contributed by atoms with Crippen LogP contribution in [0.1, 0.15) is 33.1 Å². The summed E-state index contributed by atoms with van der Waals surface area (Å²) in [6, 6.07) is 0. The van der Waals surface area contributed by atoms with Gasteiger partial charge in [0.1, 0.15) is 0 Å². The van der Waals surface area contributed by atoms with Crippen LogP contribution in [0.4, 0.5) is 0 Å². The first kappa shape index (κ1) is 9.00. The minimum Gasteiger partial charge on any atom is -0.328 e. The third-order valence-electron chi connectivity index (χ3n) is 3.30. The van der Waals surface area contributed by atoms with Crippen LogP contribution < -0.4 is 5.32 Å². The molecule has 0 radical (unpaired) electrons. The monoisotopic (exact) mass is 182 g/mol. The zero-order chi connectivity index (χ0) is 9.47. The van der Waals surface area contributed by atoms with E-state index in [1.807, 2.05) is 11.8 Å². The van der Waals surface area contributed by atoms with Crippen LogP contribution in [0.3, 0.4) is 0 Å². The summed E-state index contributed by atoms with van der Waals surface area (Å²) in [7, 11) is 0. The first-order chi connectivity index (χ1) is 6.15.